The van der Waals surface area contributed by atoms with Crippen LogP contribution in [0.15, 0.2) is 47.6 Å². The molecule has 2 N–H and O–H groups in total. The van der Waals surface area contributed by atoms with Crippen LogP contribution in [-0.2, 0) is 4.74 Å². The average Bonchev–Trinajstić information content (AvgIpc) is 3.08. The number of hydrazone groups is 1. The van der Waals surface area contributed by atoms with Crippen LogP contribution in [0.2, 0.25) is 0 Å². The minimum atomic E-state index is -1.06. The Labute approximate surface area is 151 Å². The number of nitrogens with zero attached hydrogens (tertiary/aromatic N) is 1. The number of benzene rings is 2. The molecule has 0 bridgehead atoms. The Bertz CT molecular complexity index is 1010. The number of nitrogens with one attached hydrogen (secondary N) is 1. The monoisotopic (exact) mass is 372 g/mol. The molecule has 3 rings (SSSR count). The standard InChI is InChI=1S/C18H13FN2O4S/c1-25-18(24)10-2-4-11(5-3-10)21-20-9-13-12-8-16(17(22)23)26-15(12)7-6-14(13)19/h2-9,21H,1H3,(H,22,23)/b20-9+. The maximum absolute atomic E-state index is 14.1. The maximum Gasteiger partial charge on any atom is 0.345 e. The van der Waals surface area contributed by atoms with Crippen LogP contribution in [0.4, 0.5) is 10.1 Å². The summed E-state index contributed by atoms with van der Waals surface area (Å²) in [5.74, 6) is -2.00. The summed E-state index contributed by atoms with van der Waals surface area (Å²) in [4.78, 5) is 22.6. The van der Waals surface area contributed by atoms with E-state index >= 15 is 0 Å². The van der Waals surface area contributed by atoms with Crippen molar-refractivity contribution in [1.82, 2.24) is 0 Å². The number of fused-ring (bicyclic) bond motifs is 1. The average molecular weight is 372 g/mol. The fourth-order valence-electron chi connectivity index (χ4n) is 2.31. The van der Waals surface area contributed by atoms with Crippen molar-refractivity contribution < 1.29 is 23.8 Å². The molecular weight excluding hydrogens is 359 g/mol. The molecule has 0 aliphatic heterocycles. The number of hydrogen-bond donors (Lipinski definition) is 2. The number of methoxy groups -OCH3 is 1. The van der Waals surface area contributed by atoms with Gasteiger partial charge in [-0.25, -0.2) is 14.0 Å². The topological polar surface area (TPSA) is 88.0 Å². The largest absolute Gasteiger partial charge is 0.477 e. The fraction of sp³-hybridized carbons (Fsp3) is 0.0556. The van der Waals surface area contributed by atoms with E-state index in [0.29, 0.717) is 21.3 Å². The van der Waals surface area contributed by atoms with Crippen LogP contribution >= 0.6 is 11.3 Å². The zero-order chi connectivity index (χ0) is 18.7. The summed E-state index contributed by atoms with van der Waals surface area (Å²) in [7, 11) is 1.30. The Balaban J connectivity index is 1.83. The van der Waals surface area contributed by atoms with Crippen molar-refractivity contribution in [2.24, 2.45) is 5.10 Å². The molecule has 3 aromatic rings. The molecule has 0 saturated heterocycles. The van der Waals surface area contributed by atoms with Gasteiger partial charge in [0.05, 0.1) is 24.6 Å². The number of hydrogen-bond acceptors (Lipinski definition) is 6. The van der Waals surface area contributed by atoms with E-state index in [9.17, 15) is 14.0 Å². The molecule has 0 amide bonds. The second-order valence-corrected chi connectivity index (χ2v) is 6.31. The van der Waals surface area contributed by atoms with E-state index in [1.54, 1.807) is 24.3 Å². The van der Waals surface area contributed by atoms with Gasteiger partial charge in [0.15, 0.2) is 0 Å². The molecule has 0 unspecified atom stereocenters. The number of carbonyl (C=O) groups excluding carboxylic acids is 1. The van der Waals surface area contributed by atoms with Crippen LogP contribution in [-0.4, -0.2) is 30.4 Å². The van der Waals surface area contributed by atoms with Crippen molar-refractivity contribution >= 4 is 45.3 Å². The van der Waals surface area contributed by atoms with Gasteiger partial charge in [-0.3, -0.25) is 5.43 Å². The van der Waals surface area contributed by atoms with Gasteiger partial charge >= 0.3 is 11.9 Å². The maximum atomic E-state index is 14.1. The van der Waals surface area contributed by atoms with E-state index in [4.69, 9.17) is 5.11 Å². The van der Waals surface area contributed by atoms with Crippen molar-refractivity contribution in [1.29, 1.82) is 0 Å². The first-order valence-electron chi connectivity index (χ1n) is 7.42. The predicted molar refractivity (Wildman–Crippen MR) is 97.7 cm³/mol. The van der Waals surface area contributed by atoms with Gasteiger partial charge in [-0.05, 0) is 42.5 Å². The first-order chi connectivity index (χ1) is 12.5. The number of rotatable bonds is 5. The lowest BCUT2D eigenvalue weighted by molar-refractivity contribution is 0.0600. The molecule has 26 heavy (non-hydrogen) atoms. The molecule has 8 heteroatoms. The number of carboxylic acids is 1. The molecule has 0 fully saturated rings. The van der Waals surface area contributed by atoms with E-state index in [0.717, 1.165) is 11.3 Å². The third-order valence-corrected chi connectivity index (χ3v) is 4.68. The third kappa shape index (κ3) is 3.55. The SMILES string of the molecule is COC(=O)c1ccc(N/N=C/c2c(F)ccc3sc(C(=O)O)cc23)cc1. The van der Waals surface area contributed by atoms with E-state index < -0.39 is 17.8 Å². The van der Waals surface area contributed by atoms with Gasteiger partial charge in [-0.1, -0.05) is 0 Å². The molecule has 0 aliphatic carbocycles. The van der Waals surface area contributed by atoms with Crippen LogP contribution in [0, 0.1) is 5.82 Å². The van der Waals surface area contributed by atoms with Crippen LogP contribution in [0.1, 0.15) is 25.6 Å². The molecule has 0 spiro atoms. The van der Waals surface area contributed by atoms with Crippen molar-refractivity contribution in [2.75, 3.05) is 12.5 Å². The lowest BCUT2D eigenvalue weighted by Gasteiger charge is -2.03. The normalized spacial score (nSPS) is 11.0. The molecule has 0 atom stereocenters. The number of esters is 1. The molecule has 0 saturated carbocycles. The predicted octanol–water partition coefficient (Wildman–Crippen LogP) is 3.97. The highest BCUT2D eigenvalue weighted by Crippen LogP contribution is 2.29. The highest BCUT2D eigenvalue weighted by molar-refractivity contribution is 7.20. The Morgan fingerprint density at radius 3 is 2.62 bits per heavy atom. The van der Waals surface area contributed by atoms with Gasteiger partial charge < -0.3 is 9.84 Å². The first-order valence-corrected chi connectivity index (χ1v) is 8.24. The molecule has 2 aromatic carbocycles. The number of ether oxygens (including phenoxy) is 1. The van der Waals surface area contributed by atoms with Crippen LogP contribution in [0.3, 0.4) is 0 Å². The summed E-state index contributed by atoms with van der Waals surface area (Å²) in [5.41, 5.74) is 3.93. The van der Waals surface area contributed by atoms with Gasteiger partial charge in [0, 0.05) is 15.6 Å². The third-order valence-electron chi connectivity index (χ3n) is 3.59. The van der Waals surface area contributed by atoms with Crippen molar-refractivity contribution in [3.05, 3.63) is 64.3 Å². The molecule has 1 aromatic heterocycles. The zero-order valence-electron chi connectivity index (χ0n) is 13.5. The van der Waals surface area contributed by atoms with Crippen molar-refractivity contribution in [3.8, 4) is 0 Å². The van der Waals surface area contributed by atoms with Crippen molar-refractivity contribution in [2.45, 2.75) is 0 Å². The summed E-state index contributed by atoms with van der Waals surface area (Å²) in [6, 6.07) is 10.7. The molecule has 0 aliphatic rings. The second kappa shape index (κ2) is 7.32. The fourth-order valence-corrected chi connectivity index (χ4v) is 3.23. The second-order valence-electron chi connectivity index (χ2n) is 5.23. The Morgan fingerprint density at radius 2 is 1.96 bits per heavy atom. The molecule has 1 heterocycles. The van der Waals surface area contributed by atoms with E-state index in [2.05, 4.69) is 15.3 Å². The van der Waals surface area contributed by atoms with Crippen LogP contribution in [0.5, 0.6) is 0 Å². The molecule has 0 radical (unpaired) electrons. The lowest BCUT2D eigenvalue weighted by Crippen LogP contribution is -2.01. The number of halogens is 1. The number of anilines is 1. The van der Waals surface area contributed by atoms with Gasteiger partial charge in [0.2, 0.25) is 0 Å². The van der Waals surface area contributed by atoms with Crippen molar-refractivity contribution in [3.63, 3.8) is 0 Å². The molecule has 6 nitrogen and oxygen atoms in total. The minimum Gasteiger partial charge on any atom is -0.477 e. The smallest absolute Gasteiger partial charge is 0.345 e. The van der Waals surface area contributed by atoms with Gasteiger partial charge in [-0.2, -0.15) is 5.10 Å². The van der Waals surface area contributed by atoms with Gasteiger partial charge in [0.25, 0.3) is 0 Å². The number of carbonyl (C=O) groups is 2. The highest BCUT2D eigenvalue weighted by atomic mass is 32.1. The van der Waals surface area contributed by atoms with Crippen LogP contribution < -0.4 is 5.43 Å². The minimum absolute atomic E-state index is 0.131. The Hall–Kier alpha value is -3.26. The van der Waals surface area contributed by atoms with E-state index in [-0.39, 0.29) is 10.4 Å². The summed E-state index contributed by atoms with van der Waals surface area (Å²) in [6.45, 7) is 0. The first kappa shape index (κ1) is 17.6. The summed E-state index contributed by atoms with van der Waals surface area (Å²) in [5, 5.41) is 13.6. The van der Waals surface area contributed by atoms with Crippen LogP contribution in [0.25, 0.3) is 10.1 Å². The number of thiophene rings is 1. The Kier molecular flexibility index (Phi) is 4.94. The van der Waals surface area contributed by atoms with Gasteiger partial charge in [0.1, 0.15) is 10.7 Å². The van der Waals surface area contributed by atoms with E-state index in [1.807, 2.05) is 0 Å². The summed E-state index contributed by atoms with van der Waals surface area (Å²) < 4.78 is 19.4. The molecule has 132 valence electrons. The summed E-state index contributed by atoms with van der Waals surface area (Å²) in [6.07, 6.45) is 1.30. The number of aromatic carboxylic acids is 1. The Morgan fingerprint density at radius 1 is 1.23 bits per heavy atom. The highest BCUT2D eigenvalue weighted by Gasteiger charge is 2.13. The lowest BCUT2D eigenvalue weighted by atomic mass is 10.1. The quantitative estimate of drug-likeness (QED) is 0.402. The molecular formula is C18H13FN2O4S. The zero-order valence-corrected chi connectivity index (χ0v) is 14.3. The van der Waals surface area contributed by atoms with Gasteiger partial charge in [-0.15, -0.1) is 11.3 Å². The van der Waals surface area contributed by atoms with E-state index in [1.165, 1.54) is 31.5 Å². The number of carboxylic acid groups (broad SMARTS) is 1. The summed E-state index contributed by atoms with van der Waals surface area (Å²) >= 11 is 1.07.